The van der Waals surface area contributed by atoms with Crippen LogP contribution >= 0.6 is 0 Å². The summed E-state index contributed by atoms with van der Waals surface area (Å²) in [6, 6.07) is 6.82. The first kappa shape index (κ1) is 70.9. The van der Waals surface area contributed by atoms with Gasteiger partial charge in [0.05, 0.1) is 17.8 Å². The van der Waals surface area contributed by atoms with Crippen LogP contribution in [0, 0.1) is 29.6 Å². The maximum absolute atomic E-state index is 15.8. The van der Waals surface area contributed by atoms with E-state index in [9.17, 15) is 19.5 Å². The van der Waals surface area contributed by atoms with E-state index < -0.39 is 137 Å². The average Bonchev–Trinajstić information content (AvgIpc) is 2.00. The van der Waals surface area contributed by atoms with E-state index in [0.717, 1.165) is 41.7 Å². The van der Waals surface area contributed by atoms with Crippen LogP contribution in [0.1, 0.15) is 158 Å². The minimum Gasteiger partial charge on any atom is -0.450 e. The number of fused-ring (bicyclic) bond motifs is 1. The Bertz CT molecular complexity index is 2950. The van der Waals surface area contributed by atoms with Gasteiger partial charge >= 0.3 is 5.97 Å². The normalized spacial score (nSPS) is 26.0. The third kappa shape index (κ3) is 17.2. The molecule has 2 aromatic carbocycles. The molecule has 11 atom stereocenters. The number of nitrogens with zero attached hydrogens (tertiary/aromatic N) is 7. The van der Waals surface area contributed by atoms with Gasteiger partial charge in [-0.15, -0.1) is 0 Å². The van der Waals surface area contributed by atoms with Crippen molar-refractivity contribution in [2.24, 2.45) is 29.6 Å². The van der Waals surface area contributed by atoms with Gasteiger partial charge in [-0.3, -0.25) is 43.0 Å². The Morgan fingerprint density at radius 2 is 1.18 bits per heavy atom. The summed E-state index contributed by atoms with van der Waals surface area (Å²) < 4.78 is 8.16. The fraction of sp³-hybridized carbons (Fsp3) is 0.647. The van der Waals surface area contributed by atoms with Gasteiger partial charge in [0.15, 0.2) is 12.1 Å². The van der Waals surface area contributed by atoms with Crippen molar-refractivity contribution in [1.29, 1.82) is 0 Å². The second-order valence-corrected chi connectivity index (χ2v) is 27.0. The molecule has 3 aliphatic rings. The zero-order valence-corrected chi connectivity index (χ0v) is 55.7. The number of amides is 8. The Morgan fingerprint density at radius 3 is 1.75 bits per heavy atom. The molecule has 8 amide bonds. The second kappa shape index (κ2) is 31.0. The number of carbonyl (C=O) groups excluding carboxylic acids is 9. The number of hydrogen-bond donors (Lipinski definition) is 4. The first-order valence-corrected chi connectivity index (χ1v) is 32.3. The van der Waals surface area contributed by atoms with Crippen LogP contribution in [0.4, 0.5) is 0 Å². The summed E-state index contributed by atoms with van der Waals surface area (Å²) in [5, 5.41) is 25.4. The topological polar surface area (TPSA) is 253 Å². The van der Waals surface area contributed by atoms with Crippen LogP contribution < -0.4 is 16.0 Å². The Hall–Kier alpha value is -7.16. The summed E-state index contributed by atoms with van der Waals surface area (Å²) in [5.41, 5.74) is 1.15. The summed E-state index contributed by atoms with van der Waals surface area (Å²) in [7, 11) is 5.71. The summed E-state index contributed by atoms with van der Waals surface area (Å²) in [5.74, 6) is -8.78. The number of aliphatic hydroxyl groups is 1. The van der Waals surface area contributed by atoms with Gasteiger partial charge in [0.1, 0.15) is 42.3 Å². The Labute approximate surface area is 527 Å². The van der Waals surface area contributed by atoms with E-state index in [0.29, 0.717) is 36.4 Å². The van der Waals surface area contributed by atoms with Crippen molar-refractivity contribution < 1.29 is 53.0 Å². The van der Waals surface area contributed by atoms with Crippen LogP contribution in [0.3, 0.4) is 0 Å². The average molecular weight is 1240 g/mol. The summed E-state index contributed by atoms with van der Waals surface area (Å²) in [6.07, 6.45) is 8.19. The molecule has 3 heterocycles. The number of esters is 1. The standard InChI is InChI=1S/C68H102N10O11/c1-17-43(9)54-65(85)74(14)55(41(5)6)60(80)70-50(34-40(3)4)63(83)76(16)58(68(11,12)88)67(87)89-57(44(10)18-2)66(86)75(15)56(42(7)8)61(81)71-51(36-45-26-20-19-21-27-45)62(82)73(13)53(64(84)77-33-25-32-52(77)59(79)72-54)37-46-28-24-29-47(35-46)48-38-69-78(39-48)49-30-22-23-31-49/h19-21,24,26-29,35,38-44,49-58,88H,17-18,22-23,25,30-34,36-37H2,1-16H3,(H,70,80)(H,71,81)(H,72,79)/t43-,44-,50-,51-,52-,53-,54-,55?,56?,57+,58+/m0/s1. The van der Waals surface area contributed by atoms with Crippen molar-refractivity contribution in [1.82, 2.24) is 50.2 Å². The highest BCUT2D eigenvalue weighted by molar-refractivity contribution is 5.99. The van der Waals surface area contributed by atoms with Gasteiger partial charge < -0.3 is 50.3 Å². The minimum atomic E-state index is -1.98. The van der Waals surface area contributed by atoms with Crippen molar-refractivity contribution in [3.8, 4) is 11.1 Å². The van der Waals surface area contributed by atoms with Crippen molar-refractivity contribution in [2.45, 2.75) is 220 Å². The Morgan fingerprint density at radius 1 is 0.607 bits per heavy atom. The summed E-state index contributed by atoms with van der Waals surface area (Å²) in [6.45, 7) is 20.7. The highest BCUT2D eigenvalue weighted by Gasteiger charge is 2.48. The molecular weight excluding hydrogens is 1130 g/mol. The van der Waals surface area contributed by atoms with E-state index in [1.165, 1.54) is 61.6 Å². The number of likely N-dealkylation sites (N-methyl/N-ethyl adjacent to an activating group) is 4. The highest BCUT2D eigenvalue weighted by atomic mass is 16.6. The molecule has 2 saturated heterocycles. The van der Waals surface area contributed by atoms with Gasteiger partial charge in [-0.05, 0) is 92.7 Å². The van der Waals surface area contributed by atoms with E-state index in [4.69, 9.17) is 9.84 Å². The van der Waals surface area contributed by atoms with E-state index in [2.05, 4.69) is 16.0 Å². The van der Waals surface area contributed by atoms with Gasteiger partial charge in [0.25, 0.3) is 5.91 Å². The van der Waals surface area contributed by atoms with Crippen LogP contribution in [0.5, 0.6) is 0 Å². The molecule has 1 aliphatic carbocycles. The molecular formula is C68H102N10O11. The molecule has 1 aromatic heterocycles. The fourth-order valence-corrected chi connectivity index (χ4v) is 13.1. The molecule has 3 aromatic rings. The molecule has 21 heteroatoms. The summed E-state index contributed by atoms with van der Waals surface area (Å²) in [4.78, 5) is 143. The Kier molecular flexibility index (Phi) is 24.7. The number of aromatic nitrogens is 2. The second-order valence-electron chi connectivity index (χ2n) is 27.0. The zero-order chi connectivity index (χ0) is 65.9. The number of cyclic esters (lactones) is 1. The zero-order valence-electron chi connectivity index (χ0n) is 55.7. The van der Waals surface area contributed by atoms with Crippen LogP contribution in [0.15, 0.2) is 67.0 Å². The molecule has 3 fully saturated rings. The van der Waals surface area contributed by atoms with Crippen LogP contribution in [-0.4, -0.2) is 187 Å². The molecule has 4 N–H and O–H groups in total. The lowest BCUT2D eigenvalue weighted by molar-refractivity contribution is -0.177. The largest absolute Gasteiger partial charge is 0.450 e. The van der Waals surface area contributed by atoms with Gasteiger partial charge in [-0.1, -0.05) is 143 Å². The third-order valence-corrected chi connectivity index (χ3v) is 18.5. The molecule has 21 nitrogen and oxygen atoms in total. The van der Waals surface area contributed by atoms with Crippen molar-refractivity contribution in [3.63, 3.8) is 0 Å². The van der Waals surface area contributed by atoms with Crippen LogP contribution in [0.25, 0.3) is 11.1 Å². The molecule has 89 heavy (non-hydrogen) atoms. The first-order valence-electron chi connectivity index (χ1n) is 32.3. The van der Waals surface area contributed by atoms with Crippen molar-refractivity contribution in [2.75, 3.05) is 34.7 Å². The lowest BCUT2D eigenvalue weighted by Crippen LogP contribution is -2.63. The van der Waals surface area contributed by atoms with Crippen molar-refractivity contribution >= 4 is 53.2 Å². The van der Waals surface area contributed by atoms with Gasteiger partial charge in [0.2, 0.25) is 41.4 Å². The van der Waals surface area contributed by atoms with E-state index >= 15 is 28.8 Å². The van der Waals surface area contributed by atoms with E-state index in [-0.39, 0.29) is 38.1 Å². The first-order chi connectivity index (χ1) is 41.9. The SMILES string of the molecule is CC[C@H](C)[C@@H]1NC(=O)[C@@H]2CCCN2C(=O)[C@H](Cc2cccc(-c3cnn(C4CCCC4)c3)c2)N(C)C(=O)[C@H](Cc2ccccc2)NC(=O)C(C(C)C)N(C)C(=O)[C@@H]([C@@H](C)CC)OC(=O)[C@H](C(C)(C)O)N(C)C(=O)[C@H](CC(C)C)NC(=O)C(C(C)C)N(C)C1=O. The third-order valence-electron chi connectivity index (χ3n) is 18.5. The molecule has 0 bridgehead atoms. The molecule has 6 rings (SSSR count). The number of benzene rings is 2. The number of hydrogen-bond acceptors (Lipinski definition) is 12. The molecule has 1 saturated carbocycles. The lowest BCUT2D eigenvalue weighted by atomic mass is 9.93. The summed E-state index contributed by atoms with van der Waals surface area (Å²) >= 11 is 0. The minimum absolute atomic E-state index is 0.00470. The number of nitrogens with one attached hydrogen (secondary N) is 3. The monoisotopic (exact) mass is 1230 g/mol. The van der Waals surface area contributed by atoms with Crippen molar-refractivity contribution in [3.05, 3.63) is 78.1 Å². The maximum Gasteiger partial charge on any atom is 0.332 e. The van der Waals surface area contributed by atoms with Gasteiger partial charge in [-0.2, -0.15) is 5.10 Å². The molecule has 2 unspecified atom stereocenters. The van der Waals surface area contributed by atoms with E-state index in [1.807, 2.05) is 99.4 Å². The lowest BCUT2D eigenvalue weighted by Gasteiger charge is -2.39. The highest BCUT2D eigenvalue weighted by Crippen LogP contribution is 2.32. The maximum atomic E-state index is 15.8. The number of carbonyl (C=O) groups is 9. The smallest absolute Gasteiger partial charge is 0.332 e. The molecule has 0 spiro atoms. The molecule has 490 valence electrons. The number of rotatable bonds is 15. The van der Waals surface area contributed by atoms with Gasteiger partial charge in [-0.25, -0.2) is 4.79 Å². The fourth-order valence-electron chi connectivity index (χ4n) is 13.1. The molecule has 0 radical (unpaired) electrons. The van der Waals surface area contributed by atoms with Gasteiger partial charge in [0, 0.05) is 65.3 Å². The Balaban J connectivity index is 1.51. The van der Waals surface area contributed by atoms with Crippen LogP contribution in [-0.2, 0) is 60.7 Å². The number of ether oxygens (including phenoxy) is 1. The molecule has 2 aliphatic heterocycles. The van der Waals surface area contributed by atoms with Crippen LogP contribution in [0.2, 0.25) is 0 Å². The van der Waals surface area contributed by atoms with E-state index in [1.54, 1.807) is 41.5 Å². The predicted molar refractivity (Wildman–Crippen MR) is 340 cm³/mol. The predicted octanol–water partition coefficient (Wildman–Crippen LogP) is 6.35. The quantitative estimate of drug-likeness (QED) is 0.122.